The van der Waals surface area contributed by atoms with Crippen molar-refractivity contribution in [2.45, 2.75) is 44.5 Å². The van der Waals surface area contributed by atoms with E-state index in [1.54, 1.807) is 20.8 Å². The van der Waals surface area contributed by atoms with Crippen LogP contribution in [-0.2, 0) is 10.9 Å². The zero-order valence-corrected chi connectivity index (χ0v) is 13.3. The minimum Gasteiger partial charge on any atom is -0.444 e. The molecule has 1 heterocycles. The van der Waals surface area contributed by atoms with E-state index in [1.807, 2.05) is 0 Å². The van der Waals surface area contributed by atoms with Crippen LogP contribution in [0.25, 0.3) is 0 Å². The second-order valence-electron chi connectivity index (χ2n) is 6.64. The van der Waals surface area contributed by atoms with Crippen LogP contribution >= 0.6 is 0 Å². The summed E-state index contributed by atoms with van der Waals surface area (Å²) in [5, 5.41) is 5.92. The fourth-order valence-corrected chi connectivity index (χ4v) is 2.56. The van der Waals surface area contributed by atoms with E-state index in [1.165, 1.54) is 12.1 Å². The summed E-state index contributed by atoms with van der Waals surface area (Å²) >= 11 is 0. The van der Waals surface area contributed by atoms with Crippen LogP contribution in [0, 0.1) is 0 Å². The zero-order valence-electron chi connectivity index (χ0n) is 13.3. The number of hydrogen-bond donors (Lipinski definition) is 2. The highest BCUT2D eigenvalue weighted by atomic mass is 19.4. The molecule has 0 saturated carbocycles. The summed E-state index contributed by atoms with van der Waals surface area (Å²) in [4.78, 5) is 11.9. The summed E-state index contributed by atoms with van der Waals surface area (Å²) in [7, 11) is 0. The van der Waals surface area contributed by atoms with Gasteiger partial charge in [0.25, 0.3) is 0 Å². The van der Waals surface area contributed by atoms with E-state index in [-0.39, 0.29) is 12.0 Å². The number of halogens is 3. The highest BCUT2D eigenvalue weighted by Crippen LogP contribution is 2.31. The third kappa shape index (κ3) is 4.86. The van der Waals surface area contributed by atoms with Gasteiger partial charge in [0.05, 0.1) is 11.6 Å². The topological polar surface area (TPSA) is 50.4 Å². The van der Waals surface area contributed by atoms with Crippen molar-refractivity contribution in [2.24, 2.45) is 0 Å². The summed E-state index contributed by atoms with van der Waals surface area (Å²) in [5.41, 5.74) is -0.520. The average molecular weight is 330 g/mol. The van der Waals surface area contributed by atoms with Crippen LogP contribution in [0.4, 0.5) is 18.0 Å². The summed E-state index contributed by atoms with van der Waals surface area (Å²) in [6.07, 6.45) is -4.87. The van der Waals surface area contributed by atoms with Crippen molar-refractivity contribution in [3.8, 4) is 0 Å². The lowest BCUT2D eigenvalue weighted by molar-refractivity contribution is -0.137. The second-order valence-corrected chi connectivity index (χ2v) is 6.64. The molecule has 23 heavy (non-hydrogen) atoms. The molecule has 0 aromatic heterocycles. The molecule has 0 radical (unpaired) electrons. The maximum atomic E-state index is 12.6. The summed E-state index contributed by atoms with van der Waals surface area (Å²) in [6.45, 7) is 6.45. The maximum Gasteiger partial charge on any atom is 0.416 e. The van der Waals surface area contributed by atoms with Gasteiger partial charge in [-0.15, -0.1) is 0 Å². The Morgan fingerprint density at radius 1 is 1.17 bits per heavy atom. The van der Waals surface area contributed by atoms with Gasteiger partial charge < -0.3 is 15.4 Å². The number of rotatable bonds is 2. The molecule has 2 rings (SSSR count). The van der Waals surface area contributed by atoms with E-state index in [2.05, 4.69) is 10.6 Å². The predicted octanol–water partition coefficient (Wildman–Crippen LogP) is 3.29. The summed E-state index contributed by atoms with van der Waals surface area (Å²) in [5.74, 6) is -0.0928. The number of ether oxygens (including phenoxy) is 1. The fraction of sp³-hybridized carbons (Fsp3) is 0.562. The monoisotopic (exact) mass is 330 g/mol. The van der Waals surface area contributed by atoms with E-state index in [0.717, 1.165) is 17.7 Å². The van der Waals surface area contributed by atoms with Gasteiger partial charge in [-0.3, -0.25) is 0 Å². The number of hydrogen-bond acceptors (Lipinski definition) is 3. The van der Waals surface area contributed by atoms with Crippen LogP contribution in [0.3, 0.4) is 0 Å². The summed E-state index contributed by atoms with van der Waals surface area (Å²) in [6, 6.07) is 4.84. The Morgan fingerprint density at radius 2 is 1.78 bits per heavy atom. The maximum absolute atomic E-state index is 12.6. The van der Waals surface area contributed by atoms with Gasteiger partial charge in [0, 0.05) is 19.0 Å². The van der Waals surface area contributed by atoms with Gasteiger partial charge in [0.15, 0.2) is 0 Å². The first-order valence-electron chi connectivity index (χ1n) is 7.43. The smallest absolute Gasteiger partial charge is 0.416 e. The lowest BCUT2D eigenvalue weighted by Crippen LogP contribution is -2.42. The number of carbonyl (C=O) groups is 1. The number of benzene rings is 1. The third-order valence-corrected chi connectivity index (χ3v) is 3.58. The lowest BCUT2D eigenvalue weighted by atomic mass is 9.93. The van der Waals surface area contributed by atoms with Gasteiger partial charge in [-0.1, -0.05) is 12.1 Å². The molecule has 2 atom stereocenters. The Bertz CT molecular complexity index is 550. The first kappa shape index (κ1) is 17.6. The average Bonchev–Trinajstić information content (AvgIpc) is 2.83. The minimum atomic E-state index is -4.35. The van der Waals surface area contributed by atoms with Crippen molar-refractivity contribution in [1.29, 1.82) is 0 Å². The van der Waals surface area contributed by atoms with Crippen LogP contribution in [0.15, 0.2) is 24.3 Å². The molecule has 1 aromatic rings. The standard InChI is InChI=1S/C16H21F3N2O2/c1-15(2,3)23-14(22)21-13-9-20-8-12(13)10-4-6-11(7-5-10)16(17,18)19/h4-7,12-13,20H,8-9H2,1-3H3,(H,21,22)/t12-,13-/m0/s1. The Kier molecular flexibility index (Phi) is 4.89. The third-order valence-electron chi connectivity index (χ3n) is 3.58. The molecule has 1 amide bonds. The zero-order chi connectivity index (χ0) is 17.3. The van der Waals surface area contributed by atoms with E-state index >= 15 is 0 Å². The van der Waals surface area contributed by atoms with Crippen molar-refractivity contribution >= 4 is 6.09 Å². The normalized spacial score (nSPS) is 22.0. The molecule has 7 heteroatoms. The van der Waals surface area contributed by atoms with E-state index in [0.29, 0.717) is 13.1 Å². The number of nitrogens with one attached hydrogen (secondary N) is 2. The fourth-order valence-electron chi connectivity index (χ4n) is 2.56. The van der Waals surface area contributed by atoms with Crippen LogP contribution < -0.4 is 10.6 Å². The molecule has 1 aliphatic rings. The van der Waals surface area contributed by atoms with Crippen LogP contribution in [-0.4, -0.2) is 30.8 Å². The number of amides is 1. The molecule has 1 aromatic carbocycles. The van der Waals surface area contributed by atoms with Crippen LogP contribution in [0.1, 0.15) is 37.8 Å². The number of alkyl carbamates (subject to hydrolysis) is 1. The van der Waals surface area contributed by atoms with Gasteiger partial charge in [-0.2, -0.15) is 13.2 Å². The molecule has 0 bridgehead atoms. The summed E-state index contributed by atoms with van der Waals surface area (Å²) < 4.78 is 43.1. The molecule has 1 aliphatic heterocycles. The Hall–Kier alpha value is -1.76. The van der Waals surface area contributed by atoms with Crippen LogP contribution in [0.5, 0.6) is 0 Å². The molecule has 0 spiro atoms. The molecule has 128 valence electrons. The first-order chi connectivity index (χ1) is 10.6. The quantitative estimate of drug-likeness (QED) is 0.875. The van der Waals surface area contributed by atoms with Gasteiger partial charge in [-0.25, -0.2) is 4.79 Å². The van der Waals surface area contributed by atoms with Gasteiger partial charge in [0.1, 0.15) is 5.60 Å². The highest BCUT2D eigenvalue weighted by Gasteiger charge is 2.33. The molecule has 0 aliphatic carbocycles. The van der Waals surface area contributed by atoms with Crippen molar-refractivity contribution in [2.75, 3.05) is 13.1 Å². The van der Waals surface area contributed by atoms with Gasteiger partial charge in [-0.05, 0) is 38.5 Å². The molecule has 1 saturated heterocycles. The first-order valence-corrected chi connectivity index (χ1v) is 7.43. The number of carbonyl (C=O) groups excluding carboxylic acids is 1. The number of alkyl halides is 3. The minimum absolute atomic E-state index is 0.0928. The molecule has 2 N–H and O–H groups in total. The predicted molar refractivity (Wildman–Crippen MR) is 80.2 cm³/mol. The van der Waals surface area contributed by atoms with Crippen molar-refractivity contribution in [3.05, 3.63) is 35.4 Å². The van der Waals surface area contributed by atoms with E-state index in [4.69, 9.17) is 4.74 Å². The molecular weight excluding hydrogens is 309 g/mol. The largest absolute Gasteiger partial charge is 0.444 e. The Morgan fingerprint density at radius 3 is 2.30 bits per heavy atom. The molecule has 4 nitrogen and oxygen atoms in total. The van der Waals surface area contributed by atoms with E-state index < -0.39 is 23.4 Å². The van der Waals surface area contributed by atoms with Gasteiger partial charge in [0.2, 0.25) is 0 Å². The van der Waals surface area contributed by atoms with Crippen molar-refractivity contribution in [1.82, 2.24) is 10.6 Å². The molecule has 0 unspecified atom stereocenters. The Labute approximate surface area is 133 Å². The Balaban J connectivity index is 2.05. The van der Waals surface area contributed by atoms with Crippen molar-refractivity contribution < 1.29 is 22.7 Å². The molecule has 1 fully saturated rings. The lowest BCUT2D eigenvalue weighted by Gasteiger charge is -2.24. The SMILES string of the molecule is CC(C)(C)OC(=O)N[C@H]1CNC[C@H]1c1ccc(C(F)(F)F)cc1. The van der Waals surface area contributed by atoms with Crippen LogP contribution in [0.2, 0.25) is 0 Å². The van der Waals surface area contributed by atoms with Crippen molar-refractivity contribution in [3.63, 3.8) is 0 Å². The second kappa shape index (κ2) is 6.39. The molecular formula is C16H21F3N2O2. The van der Waals surface area contributed by atoms with Gasteiger partial charge >= 0.3 is 12.3 Å². The van der Waals surface area contributed by atoms with E-state index in [9.17, 15) is 18.0 Å². The highest BCUT2D eigenvalue weighted by molar-refractivity contribution is 5.68.